The molecule has 0 saturated carbocycles. The van der Waals surface area contributed by atoms with Crippen molar-refractivity contribution < 1.29 is 18.0 Å². The number of alkyl halides is 3. The van der Waals surface area contributed by atoms with Crippen LogP contribution in [0, 0.1) is 0 Å². The molecule has 2 aliphatic heterocycles. The molecule has 2 saturated heterocycles. The third-order valence-corrected chi connectivity index (χ3v) is 6.07. The Morgan fingerprint density at radius 1 is 1.10 bits per heavy atom. The summed E-state index contributed by atoms with van der Waals surface area (Å²) in [5.41, 5.74) is 7.18. The van der Waals surface area contributed by atoms with E-state index in [2.05, 4.69) is 14.9 Å². The Balaban J connectivity index is 1.54. The Labute approximate surface area is 179 Å². The number of aromatic nitrogens is 2. The molecule has 0 spiro atoms. The molecule has 0 bridgehead atoms. The maximum absolute atomic E-state index is 12.9. The first-order valence-electron chi connectivity index (χ1n) is 10.6. The molecule has 2 fully saturated rings. The molecular formula is C22H26F3N5O. The number of amides is 1. The average molecular weight is 433 g/mol. The first kappa shape index (κ1) is 21.5. The molecule has 1 amide bonds. The van der Waals surface area contributed by atoms with Crippen molar-refractivity contribution in [3.05, 3.63) is 41.7 Å². The number of hydrogen-bond donors (Lipinski definition) is 1. The fourth-order valence-electron chi connectivity index (χ4n) is 4.46. The Morgan fingerprint density at radius 3 is 2.48 bits per heavy atom. The Hall–Kier alpha value is -2.68. The van der Waals surface area contributed by atoms with Gasteiger partial charge in [0.2, 0.25) is 11.9 Å². The largest absolute Gasteiger partial charge is 0.416 e. The second kappa shape index (κ2) is 8.82. The van der Waals surface area contributed by atoms with Gasteiger partial charge < -0.3 is 10.6 Å². The van der Waals surface area contributed by atoms with Crippen molar-refractivity contribution in [1.29, 1.82) is 0 Å². The summed E-state index contributed by atoms with van der Waals surface area (Å²) in [4.78, 5) is 25.1. The van der Waals surface area contributed by atoms with Crippen molar-refractivity contribution in [3.8, 4) is 11.1 Å². The summed E-state index contributed by atoms with van der Waals surface area (Å²) in [6, 6.07) is 5.02. The molecule has 0 radical (unpaired) electrons. The van der Waals surface area contributed by atoms with Crippen molar-refractivity contribution in [3.63, 3.8) is 0 Å². The molecule has 2 aromatic rings. The highest BCUT2D eigenvalue weighted by atomic mass is 19.4. The predicted molar refractivity (Wildman–Crippen MR) is 111 cm³/mol. The fraction of sp³-hybridized carbons (Fsp3) is 0.500. The van der Waals surface area contributed by atoms with E-state index in [0.717, 1.165) is 63.1 Å². The molecule has 31 heavy (non-hydrogen) atoms. The number of nitrogen functional groups attached to an aromatic ring is 1. The van der Waals surface area contributed by atoms with E-state index in [1.165, 1.54) is 12.1 Å². The molecule has 1 unspecified atom stereocenters. The number of benzene rings is 1. The third-order valence-electron chi connectivity index (χ3n) is 6.07. The summed E-state index contributed by atoms with van der Waals surface area (Å²) in [5.74, 6) is 0.321. The molecule has 1 atom stereocenters. The van der Waals surface area contributed by atoms with Crippen molar-refractivity contribution in [1.82, 2.24) is 19.8 Å². The van der Waals surface area contributed by atoms with E-state index in [1.807, 2.05) is 4.90 Å². The van der Waals surface area contributed by atoms with Gasteiger partial charge >= 0.3 is 6.18 Å². The molecule has 2 aliphatic rings. The maximum Gasteiger partial charge on any atom is 0.416 e. The highest BCUT2D eigenvalue weighted by Crippen LogP contribution is 2.35. The van der Waals surface area contributed by atoms with E-state index >= 15 is 0 Å². The van der Waals surface area contributed by atoms with Crippen LogP contribution in [0.15, 0.2) is 30.5 Å². The van der Waals surface area contributed by atoms with Gasteiger partial charge in [-0.15, -0.1) is 0 Å². The lowest BCUT2D eigenvalue weighted by molar-refractivity contribution is -0.137. The minimum atomic E-state index is -4.38. The second-order valence-electron chi connectivity index (χ2n) is 8.26. The summed E-state index contributed by atoms with van der Waals surface area (Å²) < 4.78 is 38.8. The van der Waals surface area contributed by atoms with Gasteiger partial charge in [0.05, 0.1) is 17.8 Å². The maximum atomic E-state index is 12.9. The number of halogens is 3. The van der Waals surface area contributed by atoms with E-state index in [0.29, 0.717) is 24.2 Å². The molecule has 1 aromatic heterocycles. The standard InChI is InChI=1S/C22H26F3N5O/c23-22(24,25)17-7-5-15(6-8-17)18-12-27-21(26)28-20(18)16-4-3-9-29(13-16)14-19(31)30-10-1-2-11-30/h5-8,12,16H,1-4,9-11,13-14H2,(H2,26,27,28). The minimum absolute atomic E-state index is 0.0303. The molecular weight excluding hydrogens is 407 g/mol. The first-order chi connectivity index (χ1) is 14.8. The summed E-state index contributed by atoms with van der Waals surface area (Å²) in [5, 5.41) is 0. The van der Waals surface area contributed by atoms with Crippen LogP contribution in [0.4, 0.5) is 19.1 Å². The lowest BCUT2D eigenvalue weighted by atomic mass is 9.89. The van der Waals surface area contributed by atoms with Gasteiger partial charge in [0.15, 0.2) is 0 Å². The summed E-state index contributed by atoms with van der Waals surface area (Å²) in [6.45, 7) is 3.54. The van der Waals surface area contributed by atoms with Crippen molar-refractivity contribution in [2.24, 2.45) is 0 Å². The quantitative estimate of drug-likeness (QED) is 0.798. The van der Waals surface area contributed by atoms with Crippen LogP contribution in [0.2, 0.25) is 0 Å². The lowest BCUT2D eigenvalue weighted by Crippen LogP contribution is -2.43. The zero-order valence-electron chi connectivity index (χ0n) is 17.2. The number of piperidine rings is 1. The van der Waals surface area contributed by atoms with Crippen molar-refractivity contribution >= 4 is 11.9 Å². The Bertz CT molecular complexity index is 926. The topological polar surface area (TPSA) is 75.3 Å². The summed E-state index contributed by atoms with van der Waals surface area (Å²) in [6.07, 6.45) is 1.10. The number of nitrogens with zero attached hydrogens (tertiary/aromatic N) is 4. The molecule has 2 N–H and O–H groups in total. The zero-order valence-corrected chi connectivity index (χ0v) is 17.2. The lowest BCUT2D eigenvalue weighted by Gasteiger charge is -2.33. The van der Waals surface area contributed by atoms with Crippen LogP contribution in [0.5, 0.6) is 0 Å². The zero-order chi connectivity index (χ0) is 22.0. The van der Waals surface area contributed by atoms with Crippen LogP contribution in [0.1, 0.15) is 42.9 Å². The van der Waals surface area contributed by atoms with Crippen LogP contribution in [0.3, 0.4) is 0 Å². The van der Waals surface area contributed by atoms with Crippen molar-refractivity contribution in [2.45, 2.75) is 37.8 Å². The van der Waals surface area contributed by atoms with E-state index in [-0.39, 0.29) is 17.8 Å². The van der Waals surface area contributed by atoms with Crippen molar-refractivity contribution in [2.75, 3.05) is 38.5 Å². The Kier molecular flexibility index (Phi) is 6.13. The highest BCUT2D eigenvalue weighted by Gasteiger charge is 2.31. The highest BCUT2D eigenvalue weighted by molar-refractivity contribution is 5.78. The normalized spacial score (nSPS) is 20.2. The average Bonchev–Trinajstić information content (AvgIpc) is 3.29. The van der Waals surface area contributed by atoms with Gasteiger partial charge in [-0.2, -0.15) is 13.2 Å². The SMILES string of the molecule is Nc1ncc(-c2ccc(C(F)(F)F)cc2)c(C2CCCN(CC(=O)N3CCCC3)C2)n1. The van der Waals surface area contributed by atoms with E-state index in [9.17, 15) is 18.0 Å². The molecule has 0 aliphatic carbocycles. The molecule has 166 valence electrons. The minimum Gasteiger partial charge on any atom is -0.368 e. The van der Waals surface area contributed by atoms with Crippen LogP contribution in [0.25, 0.3) is 11.1 Å². The van der Waals surface area contributed by atoms with E-state index < -0.39 is 11.7 Å². The van der Waals surface area contributed by atoms with Crippen LogP contribution >= 0.6 is 0 Å². The third kappa shape index (κ3) is 4.98. The van der Waals surface area contributed by atoms with E-state index in [1.54, 1.807) is 6.20 Å². The number of carbonyl (C=O) groups is 1. The number of hydrogen-bond acceptors (Lipinski definition) is 5. The van der Waals surface area contributed by atoms with Gasteiger partial charge in [-0.25, -0.2) is 9.97 Å². The van der Waals surface area contributed by atoms with Gasteiger partial charge in [0.1, 0.15) is 0 Å². The van der Waals surface area contributed by atoms with Gasteiger partial charge in [0.25, 0.3) is 0 Å². The van der Waals surface area contributed by atoms with Gasteiger partial charge in [-0.1, -0.05) is 12.1 Å². The molecule has 1 aromatic carbocycles. The number of rotatable bonds is 4. The summed E-state index contributed by atoms with van der Waals surface area (Å²) in [7, 11) is 0. The number of carbonyl (C=O) groups excluding carboxylic acids is 1. The van der Waals surface area contributed by atoms with Crippen LogP contribution in [-0.2, 0) is 11.0 Å². The second-order valence-corrected chi connectivity index (χ2v) is 8.26. The first-order valence-corrected chi connectivity index (χ1v) is 10.6. The van der Waals surface area contributed by atoms with Gasteiger partial charge in [-0.05, 0) is 49.9 Å². The molecule has 6 nitrogen and oxygen atoms in total. The van der Waals surface area contributed by atoms with E-state index in [4.69, 9.17) is 5.73 Å². The number of likely N-dealkylation sites (tertiary alicyclic amines) is 2. The summed E-state index contributed by atoms with van der Waals surface area (Å²) >= 11 is 0. The van der Waals surface area contributed by atoms with Crippen LogP contribution in [-0.4, -0.2) is 58.4 Å². The predicted octanol–water partition coefficient (Wildman–Crippen LogP) is 3.55. The number of anilines is 1. The monoisotopic (exact) mass is 433 g/mol. The fourth-order valence-corrected chi connectivity index (χ4v) is 4.46. The molecule has 3 heterocycles. The molecule has 4 rings (SSSR count). The Morgan fingerprint density at radius 2 is 1.81 bits per heavy atom. The number of nitrogens with two attached hydrogens (primary N) is 1. The van der Waals surface area contributed by atoms with Gasteiger partial charge in [-0.3, -0.25) is 9.69 Å². The smallest absolute Gasteiger partial charge is 0.368 e. The van der Waals surface area contributed by atoms with Crippen LogP contribution < -0.4 is 5.73 Å². The van der Waals surface area contributed by atoms with Gasteiger partial charge in [0, 0.05) is 37.3 Å². The molecule has 9 heteroatoms.